The first-order chi connectivity index (χ1) is 8.18. The van der Waals surface area contributed by atoms with E-state index in [0.29, 0.717) is 13.0 Å². The maximum absolute atomic E-state index is 11.6. The molecule has 0 spiro atoms. The average Bonchev–Trinajstić information content (AvgIpc) is 2.33. The molecule has 4 heteroatoms. The number of carbonyl (C=O) groups excluding carboxylic acids is 1. The van der Waals surface area contributed by atoms with Gasteiger partial charge in [0.2, 0.25) is 5.91 Å². The monoisotopic (exact) mass is 234 g/mol. The molecule has 1 saturated heterocycles. The summed E-state index contributed by atoms with van der Waals surface area (Å²) >= 11 is 0. The number of carbonyl (C=O) groups is 1. The van der Waals surface area contributed by atoms with Gasteiger partial charge >= 0.3 is 0 Å². The number of amides is 1. The third-order valence-corrected chi connectivity index (χ3v) is 3.00. The van der Waals surface area contributed by atoms with E-state index >= 15 is 0 Å². The Balaban J connectivity index is 1.67. The second-order valence-corrected chi connectivity index (χ2v) is 4.94. The number of pyridine rings is 1. The number of rotatable bonds is 5. The molecule has 1 N–H and O–H groups in total. The fourth-order valence-corrected chi connectivity index (χ4v) is 1.76. The van der Waals surface area contributed by atoms with Gasteiger partial charge in [-0.05, 0) is 24.1 Å². The van der Waals surface area contributed by atoms with E-state index in [1.165, 1.54) is 0 Å². The van der Waals surface area contributed by atoms with Crippen LogP contribution in [-0.2, 0) is 16.0 Å². The van der Waals surface area contributed by atoms with E-state index in [1.807, 2.05) is 12.1 Å². The Morgan fingerprint density at radius 3 is 2.76 bits per heavy atom. The molecule has 1 aromatic heterocycles. The zero-order valence-corrected chi connectivity index (χ0v) is 10.1. The molecule has 1 fully saturated rings. The summed E-state index contributed by atoms with van der Waals surface area (Å²) in [5, 5.41) is 2.96. The van der Waals surface area contributed by atoms with Crippen molar-refractivity contribution in [2.24, 2.45) is 5.41 Å². The zero-order valence-electron chi connectivity index (χ0n) is 10.1. The van der Waals surface area contributed by atoms with Gasteiger partial charge in [-0.3, -0.25) is 9.78 Å². The molecular weight excluding hydrogens is 216 g/mol. The van der Waals surface area contributed by atoms with Gasteiger partial charge in [-0.25, -0.2) is 0 Å². The number of aromatic nitrogens is 1. The van der Waals surface area contributed by atoms with Crippen LogP contribution in [0.25, 0.3) is 0 Å². The van der Waals surface area contributed by atoms with Gasteiger partial charge in [0.1, 0.15) is 0 Å². The fraction of sp³-hybridized carbons (Fsp3) is 0.538. The molecule has 0 saturated carbocycles. The summed E-state index contributed by atoms with van der Waals surface area (Å²) in [6.45, 7) is 4.33. The van der Waals surface area contributed by atoms with Crippen molar-refractivity contribution in [3.63, 3.8) is 0 Å². The molecule has 2 rings (SSSR count). The van der Waals surface area contributed by atoms with Crippen LogP contribution in [0.4, 0.5) is 0 Å². The standard InChI is InChI=1S/C13H18N2O2/c1-13(9-17-10-13)8-15-12(16)3-2-11-4-6-14-7-5-11/h4-7H,2-3,8-10H2,1H3,(H,15,16). The van der Waals surface area contributed by atoms with Gasteiger partial charge in [0.05, 0.1) is 13.2 Å². The van der Waals surface area contributed by atoms with E-state index in [4.69, 9.17) is 4.74 Å². The Morgan fingerprint density at radius 1 is 1.47 bits per heavy atom. The molecule has 0 aromatic carbocycles. The Bertz CT molecular complexity index is 374. The Morgan fingerprint density at radius 2 is 2.18 bits per heavy atom. The molecule has 0 aliphatic carbocycles. The summed E-state index contributed by atoms with van der Waals surface area (Å²) in [7, 11) is 0. The Hall–Kier alpha value is -1.42. The van der Waals surface area contributed by atoms with Crippen LogP contribution in [0.1, 0.15) is 18.9 Å². The molecule has 1 amide bonds. The molecule has 0 radical (unpaired) electrons. The van der Waals surface area contributed by atoms with Crippen LogP contribution in [0.5, 0.6) is 0 Å². The van der Waals surface area contributed by atoms with Crippen molar-refractivity contribution < 1.29 is 9.53 Å². The number of hydrogen-bond donors (Lipinski definition) is 1. The van der Waals surface area contributed by atoms with Gasteiger partial charge < -0.3 is 10.1 Å². The van der Waals surface area contributed by atoms with Gasteiger partial charge in [-0.2, -0.15) is 0 Å². The normalized spacial score (nSPS) is 17.2. The number of hydrogen-bond acceptors (Lipinski definition) is 3. The van der Waals surface area contributed by atoms with Crippen LogP contribution >= 0.6 is 0 Å². The van der Waals surface area contributed by atoms with Crippen molar-refractivity contribution in [2.45, 2.75) is 19.8 Å². The lowest BCUT2D eigenvalue weighted by Crippen LogP contribution is -2.48. The topological polar surface area (TPSA) is 51.2 Å². The molecule has 1 aromatic rings. The van der Waals surface area contributed by atoms with Crippen molar-refractivity contribution >= 4 is 5.91 Å². The van der Waals surface area contributed by atoms with E-state index < -0.39 is 0 Å². The summed E-state index contributed by atoms with van der Waals surface area (Å²) in [5.74, 6) is 0.106. The molecule has 92 valence electrons. The third-order valence-electron chi connectivity index (χ3n) is 3.00. The Kier molecular flexibility index (Phi) is 3.74. The van der Waals surface area contributed by atoms with Gasteiger partial charge in [0.25, 0.3) is 0 Å². The van der Waals surface area contributed by atoms with Crippen LogP contribution in [0.2, 0.25) is 0 Å². The summed E-state index contributed by atoms with van der Waals surface area (Å²) < 4.78 is 5.14. The van der Waals surface area contributed by atoms with Gasteiger partial charge in [-0.15, -0.1) is 0 Å². The number of aryl methyl sites for hydroxylation is 1. The first-order valence-electron chi connectivity index (χ1n) is 5.91. The predicted molar refractivity (Wildman–Crippen MR) is 64.5 cm³/mol. The maximum atomic E-state index is 11.6. The summed E-state index contributed by atoms with van der Waals surface area (Å²) in [4.78, 5) is 15.6. The van der Waals surface area contributed by atoms with E-state index in [2.05, 4.69) is 17.2 Å². The number of nitrogens with zero attached hydrogens (tertiary/aromatic N) is 1. The van der Waals surface area contributed by atoms with E-state index in [0.717, 1.165) is 25.2 Å². The highest BCUT2D eigenvalue weighted by atomic mass is 16.5. The highest BCUT2D eigenvalue weighted by Gasteiger charge is 2.33. The van der Waals surface area contributed by atoms with Crippen LogP contribution in [-0.4, -0.2) is 30.6 Å². The van der Waals surface area contributed by atoms with Crippen LogP contribution in [0.3, 0.4) is 0 Å². The quantitative estimate of drug-likeness (QED) is 0.832. The van der Waals surface area contributed by atoms with Crippen molar-refractivity contribution in [1.82, 2.24) is 10.3 Å². The summed E-state index contributed by atoms with van der Waals surface area (Å²) in [6.07, 6.45) is 4.79. The van der Waals surface area contributed by atoms with E-state index in [9.17, 15) is 4.79 Å². The van der Waals surface area contributed by atoms with Crippen molar-refractivity contribution in [1.29, 1.82) is 0 Å². The van der Waals surface area contributed by atoms with Gasteiger partial charge in [-0.1, -0.05) is 6.92 Å². The first kappa shape index (κ1) is 12.0. The average molecular weight is 234 g/mol. The minimum atomic E-state index is 0.106. The number of ether oxygens (including phenoxy) is 1. The lowest BCUT2D eigenvalue weighted by atomic mass is 9.89. The van der Waals surface area contributed by atoms with Crippen LogP contribution < -0.4 is 5.32 Å². The molecule has 1 aliphatic rings. The molecule has 17 heavy (non-hydrogen) atoms. The highest BCUT2D eigenvalue weighted by Crippen LogP contribution is 2.24. The second kappa shape index (κ2) is 5.27. The molecule has 0 bridgehead atoms. The predicted octanol–water partition coefficient (Wildman–Crippen LogP) is 1.17. The molecular formula is C13H18N2O2. The fourth-order valence-electron chi connectivity index (χ4n) is 1.76. The zero-order chi connectivity index (χ0) is 12.1. The maximum Gasteiger partial charge on any atom is 0.220 e. The van der Waals surface area contributed by atoms with Crippen molar-refractivity contribution in [3.05, 3.63) is 30.1 Å². The minimum absolute atomic E-state index is 0.106. The second-order valence-electron chi connectivity index (χ2n) is 4.94. The van der Waals surface area contributed by atoms with Crippen LogP contribution in [0, 0.1) is 5.41 Å². The largest absolute Gasteiger partial charge is 0.380 e. The molecule has 0 atom stereocenters. The first-order valence-corrected chi connectivity index (χ1v) is 5.91. The van der Waals surface area contributed by atoms with Crippen molar-refractivity contribution in [3.8, 4) is 0 Å². The molecule has 0 unspecified atom stereocenters. The molecule has 4 nitrogen and oxygen atoms in total. The molecule has 1 aliphatic heterocycles. The van der Waals surface area contributed by atoms with Gasteiger partial charge in [0.15, 0.2) is 0 Å². The SMILES string of the molecule is CC1(CNC(=O)CCc2ccncc2)COC1. The highest BCUT2D eigenvalue weighted by molar-refractivity contribution is 5.76. The summed E-state index contributed by atoms with van der Waals surface area (Å²) in [6, 6.07) is 3.88. The van der Waals surface area contributed by atoms with Crippen LogP contribution in [0.15, 0.2) is 24.5 Å². The third kappa shape index (κ3) is 3.53. The minimum Gasteiger partial charge on any atom is -0.380 e. The van der Waals surface area contributed by atoms with Gasteiger partial charge in [0, 0.05) is 30.8 Å². The van der Waals surface area contributed by atoms with E-state index in [1.54, 1.807) is 12.4 Å². The smallest absolute Gasteiger partial charge is 0.220 e. The van der Waals surface area contributed by atoms with Crippen molar-refractivity contribution in [2.75, 3.05) is 19.8 Å². The van der Waals surface area contributed by atoms with E-state index in [-0.39, 0.29) is 11.3 Å². The lowest BCUT2D eigenvalue weighted by molar-refractivity contribution is -0.126. The summed E-state index contributed by atoms with van der Waals surface area (Å²) in [5.41, 5.74) is 1.29. The molecule has 2 heterocycles. The Labute approximate surface area is 101 Å². The lowest BCUT2D eigenvalue weighted by Gasteiger charge is -2.38. The number of nitrogens with one attached hydrogen (secondary N) is 1.